The summed E-state index contributed by atoms with van der Waals surface area (Å²) in [6.07, 6.45) is 2.38. The third kappa shape index (κ3) is 4.19. The number of quaternary nitrogens is 1. The van der Waals surface area contributed by atoms with E-state index in [1.54, 1.807) is 17.7 Å². The van der Waals surface area contributed by atoms with Gasteiger partial charge in [0.1, 0.15) is 21.5 Å². The van der Waals surface area contributed by atoms with E-state index in [4.69, 9.17) is 0 Å². The molecule has 30 heavy (non-hydrogen) atoms. The minimum atomic E-state index is -4.27. The summed E-state index contributed by atoms with van der Waals surface area (Å²) in [5.74, 6) is 0. The molecule has 0 atom stereocenters. The van der Waals surface area contributed by atoms with Crippen LogP contribution in [0.3, 0.4) is 0 Å². The van der Waals surface area contributed by atoms with E-state index in [9.17, 15) is 13.0 Å². The first-order chi connectivity index (χ1) is 14.1. The molecule has 0 bridgehead atoms. The van der Waals surface area contributed by atoms with E-state index in [1.165, 1.54) is 52.7 Å². The Morgan fingerprint density at radius 2 is 1.53 bits per heavy atom. The fourth-order valence-corrected chi connectivity index (χ4v) is 4.47. The maximum Gasteiger partial charge on any atom is 0.145 e. The monoisotopic (exact) mass is 423 g/mol. The lowest BCUT2D eigenvalue weighted by molar-refractivity contribution is 0.463. The number of hydrogen-bond donors (Lipinski definition) is 0. The molecule has 0 saturated heterocycles. The Morgan fingerprint density at radius 3 is 2.13 bits per heavy atom. The van der Waals surface area contributed by atoms with Crippen LogP contribution >= 0.6 is 0 Å². The Labute approximate surface area is 179 Å². The lowest BCUT2D eigenvalue weighted by Gasteiger charge is -2.26. The predicted octanol–water partition coefficient (Wildman–Crippen LogP) is 5.85. The van der Waals surface area contributed by atoms with Crippen LogP contribution in [-0.4, -0.2) is 27.1 Å². The van der Waals surface area contributed by atoms with Crippen molar-refractivity contribution in [3.8, 4) is 0 Å². The van der Waals surface area contributed by atoms with E-state index in [1.807, 2.05) is 6.92 Å². The average molecular weight is 424 g/mol. The number of nitrogens with zero attached hydrogens (tertiary/aromatic N) is 1. The molecule has 0 radical (unpaired) electrons. The molecule has 4 nitrogen and oxygen atoms in total. The smallest absolute Gasteiger partial charge is 0.145 e. The van der Waals surface area contributed by atoms with E-state index in [-0.39, 0.29) is 4.90 Å². The van der Waals surface area contributed by atoms with Crippen LogP contribution in [0.15, 0.2) is 71.3 Å². The van der Waals surface area contributed by atoms with Crippen LogP contribution in [0.25, 0.3) is 16.3 Å². The van der Waals surface area contributed by atoms with Gasteiger partial charge in [-0.2, -0.15) is 0 Å². The molecule has 0 aromatic heterocycles. The molecule has 0 spiro atoms. The summed E-state index contributed by atoms with van der Waals surface area (Å²) in [5.41, 5.74) is 6.91. The number of fused-ring (bicyclic) bond motifs is 3. The van der Waals surface area contributed by atoms with E-state index in [2.05, 4.69) is 64.3 Å². The molecule has 0 fully saturated rings. The highest BCUT2D eigenvalue weighted by Crippen LogP contribution is 2.47. The molecular weight excluding hydrogens is 394 g/mol. The molecule has 1 aliphatic rings. The van der Waals surface area contributed by atoms with Crippen molar-refractivity contribution in [3.63, 3.8) is 0 Å². The van der Waals surface area contributed by atoms with Crippen molar-refractivity contribution in [2.45, 2.75) is 38.5 Å². The molecule has 1 aliphatic heterocycles. The number of hydrogen-bond acceptors (Lipinski definition) is 3. The second kappa shape index (κ2) is 8.34. The molecular formula is C25H29NO3S. The van der Waals surface area contributed by atoms with Gasteiger partial charge >= 0.3 is 0 Å². The predicted molar refractivity (Wildman–Crippen MR) is 124 cm³/mol. The minimum Gasteiger partial charge on any atom is -0.744 e. The van der Waals surface area contributed by atoms with Gasteiger partial charge in [0.05, 0.1) is 24.6 Å². The Balaban J connectivity index is 0.000000199. The Bertz CT molecular complexity index is 1210. The van der Waals surface area contributed by atoms with Gasteiger partial charge in [-0.3, -0.25) is 4.48 Å². The lowest BCUT2D eigenvalue weighted by Crippen LogP contribution is -2.36. The SMILES string of the molecule is CCCC1=C(C)[N+](C)(C)c2ccc3ccccc3c21.Cc1ccc(S(=O)(=O)[O-])cc1. The Morgan fingerprint density at radius 1 is 0.900 bits per heavy atom. The van der Waals surface area contributed by atoms with Crippen LogP contribution in [0.5, 0.6) is 0 Å². The summed E-state index contributed by atoms with van der Waals surface area (Å²) < 4.78 is 32.1. The molecule has 0 amide bonds. The summed E-state index contributed by atoms with van der Waals surface area (Å²) >= 11 is 0. The molecule has 0 unspecified atom stereocenters. The van der Waals surface area contributed by atoms with Crippen molar-refractivity contribution < 1.29 is 13.0 Å². The largest absolute Gasteiger partial charge is 0.744 e. The normalized spacial score (nSPS) is 15.0. The zero-order chi connectivity index (χ0) is 22.1. The second-order valence-electron chi connectivity index (χ2n) is 8.22. The fourth-order valence-electron chi connectivity index (χ4n) is 4.00. The van der Waals surface area contributed by atoms with E-state index >= 15 is 0 Å². The van der Waals surface area contributed by atoms with Gasteiger partial charge in [0.25, 0.3) is 0 Å². The standard InChI is InChI=1S/C18H22N.C7H8O3S/c1-5-8-15-13(2)19(3,4)17-12-11-14-9-6-7-10-16(14)18(15)17;1-6-2-4-7(5-3-6)11(8,9)10/h6-7,9-12H,5,8H2,1-4H3;2-5H,1H3,(H,8,9,10)/q+1;/p-1. The van der Waals surface area contributed by atoms with E-state index < -0.39 is 10.1 Å². The molecule has 158 valence electrons. The molecule has 3 aromatic carbocycles. The van der Waals surface area contributed by atoms with Crippen molar-refractivity contribution in [2.24, 2.45) is 0 Å². The molecule has 0 saturated carbocycles. The van der Waals surface area contributed by atoms with Gasteiger partial charge in [0.2, 0.25) is 0 Å². The van der Waals surface area contributed by atoms with Crippen LogP contribution in [0.1, 0.15) is 37.8 Å². The summed E-state index contributed by atoms with van der Waals surface area (Å²) in [7, 11) is 0.325. The van der Waals surface area contributed by atoms with Gasteiger partial charge in [-0.25, -0.2) is 8.42 Å². The summed E-state index contributed by atoms with van der Waals surface area (Å²) in [6, 6.07) is 19.1. The van der Waals surface area contributed by atoms with Gasteiger partial charge in [-0.05, 0) is 42.3 Å². The Kier molecular flexibility index (Phi) is 6.18. The number of rotatable bonds is 3. The van der Waals surface area contributed by atoms with Gasteiger partial charge < -0.3 is 4.55 Å². The van der Waals surface area contributed by atoms with Crippen molar-refractivity contribution in [2.75, 3.05) is 14.1 Å². The quantitative estimate of drug-likeness (QED) is 0.392. The highest BCUT2D eigenvalue weighted by molar-refractivity contribution is 7.85. The van der Waals surface area contributed by atoms with E-state index in [0.29, 0.717) is 0 Å². The summed E-state index contributed by atoms with van der Waals surface area (Å²) in [5, 5.41) is 2.76. The maximum atomic E-state index is 10.4. The van der Waals surface area contributed by atoms with Crippen LogP contribution in [0.4, 0.5) is 5.69 Å². The fraction of sp³-hybridized carbons (Fsp3) is 0.280. The van der Waals surface area contributed by atoms with E-state index in [0.717, 1.165) is 10.0 Å². The summed E-state index contributed by atoms with van der Waals surface area (Å²) in [6.45, 7) is 6.38. The first kappa shape index (κ1) is 22.2. The van der Waals surface area contributed by atoms with Gasteiger partial charge in [0.15, 0.2) is 0 Å². The Hall–Kier alpha value is -2.47. The van der Waals surface area contributed by atoms with Crippen LogP contribution < -0.4 is 4.48 Å². The van der Waals surface area contributed by atoms with Crippen molar-refractivity contribution in [1.82, 2.24) is 4.48 Å². The van der Waals surface area contributed by atoms with Gasteiger partial charge in [-0.1, -0.05) is 55.3 Å². The molecule has 0 aliphatic carbocycles. The molecule has 5 heteroatoms. The highest BCUT2D eigenvalue weighted by Gasteiger charge is 2.37. The first-order valence-electron chi connectivity index (χ1n) is 10.2. The number of aryl methyl sites for hydroxylation is 1. The molecule has 0 N–H and O–H groups in total. The summed E-state index contributed by atoms with van der Waals surface area (Å²) in [4.78, 5) is -0.178. The molecule has 3 aromatic rings. The highest BCUT2D eigenvalue weighted by atomic mass is 32.2. The first-order valence-corrected chi connectivity index (χ1v) is 11.6. The van der Waals surface area contributed by atoms with Crippen molar-refractivity contribution in [1.29, 1.82) is 0 Å². The van der Waals surface area contributed by atoms with Crippen LogP contribution in [0.2, 0.25) is 0 Å². The van der Waals surface area contributed by atoms with Crippen LogP contribution in [-0.2, 0) is 10.1 Å². The topological polar surface area (TPSA) is 57.2 Å². The maximum absolute atomic E-state index is 10.4. The zero-order valence-electron chi connectivity index (χ0n) is 18.3. The second-order valence-corrected chi connectivity index (χ2v) is 9.60. The van der Waals surface area contributed by atoms with Gasteiger partial charge in [-0.15, -0.1) is 0 Å². The lowest BCUT2D eigenvalue weighted by atomic mass is 9.95. The van der Waals surface area contributed by atoms with Gasteiger partial charge in [0, 0.05) is 18.6 Å². The zero-order valence-corrected chi connectivity index (χ0v) is 19.1. The molecule has 1 heterocycles. The number of allylic oxidation sites excluding steroid dienone is 2. The van der Waals surface area contributed by atoms with Crippen molar-refractivity contribution >= 4 is 32.2 Å². The third-order valence-corrected chi connectivity index (χ3v) is 6.75. The third-order valence-electron chi connectivity index (χ3n) is 5.90. The minimum absolute atomic E-state index is 0.178. The average Bonchev–Trinajstić information content (AvgIpc) is 2.89. The number of benzene rings is 3. The van der Waals surface area contributed by atoms with Crippen LogP contribution in [0, 0.1) is 6.92 Å². The molecule has 4 rings (SSSR count). The van der Waals surface area contributed by atoms with Crippen molar-refractivity contribution in [3.05, 3.63) is 77.5 Å².